The normalized spacial score (nSPS) is 23.1. The molecule has 152 valence electrons. The SMILES string of the molecule is COC(C)(C)CCOc1ccc(NC(=O)C2(OC)CCC(C)CC2)cc1Cl. The van der Waals surface area contributed by atoms with Crippen molar-refractivity contribution in [2.45, 2.75) is 64.1 Å². The van der Waals surface area contributed by atoms with Gasteiger partial charge in [-0.1, -0.05) is 18.5 Å². The maximum absolute atomic E-state index is 12.8. The quantitative estimate of drug-likeness (QED) is 0.665. The molecule has 1 fully saturated rings. The highest BCUT2D eigenvalue weighted by Gasteiger charge is 2.41. The van der Waals surface area contributed by atoms with E-state index in [1.807, 2.05) is 13.8 Å². The van der Waals surface area contributed by atoms with Crippen LogP contribution >= 0.6 is 11.6 Å². The summed E-state index contributed by atoms with van der Waals surface area (Å²) in [5.74, 6) is 1.12. The molecule has 1 N–H and O–H groups in total. The Morgan fingerprint density at radius 3 is 2.52 bits per heavy atom. The number of carbonyl (C=O) groups excluding carboxylic acids is 1. The van der Waals surface area contributed by atoms with Gasteiger partial charge in [0.1, 0.15) is 11.4 Å². The third kappa shape index (κ3) is 5.84. The van der Waals surface area contributed by atoms with E-state index in [0.29, 0.717) is 29.0 Å². The number of amides is 1. The average Bonchev–Trinajstić information content (AvgIpc) is 2.64. The molecule has 0 radical (unpaired) electrons. The van der Waals surface area contributed by atoms with Crippen molar-refractivity contribution in [2.24, 2.45) is 5.92 Å². The van der Waals surface area contributed by atoms with Gasteiger partial charge in [-0.05, 0) is 63.6 Å². The van der Waals surface area contributed by atoms with Gasteiger partial charge in [-0.15, -0.1) is 0 Å². The molecule has 0 spiro atoms. The molecule has 6 heteroatoms. The summed E-state index contributed by atoms with van der Waals surface area (Å²) in [4.78, 5) is 12.8. The van der Waals surface area contributed by atoms with E-state index in [1.165, 1.54) is 0 Å². The van der Waals surface area contributed by atoms with Gasteiger partial charge in [-0.3, -0.25) is 4.79 Å². The number of rotatable bonds is 8. The maximum atomic E-state index is 12.8. The number of hydrogen-bond donors (Lipinski definition) is 1. The predicted octanol–water partition coefficient (Wildman–Crippen LogP) is 5.07. The Bertz CT molecular complexity index is 639. The van der Waals surface area contributed by atoms with E-state index in [-0.39, 0.29) is 11.5 Å². The first-order valence-corrected chi connectivity index (χ1v) is 9.93. The van der Waals surface area contributed by atoms with Crippen molar-refractivity contribution in [3.63, 3.8) is 0 Å². The van der Waals surface area contributed by atoms with Gasteiger partial charge in [-0.25, -0.2) is 0 Å². The zero-order valence-corrected chi connectivity index (χ0v) is 17.8. The number of nitrogens with one attached hydrogen (secondary N) is 1. The molecule has 1 saturated carbocycles. The van der Waals surface area contributed by atoms with Crippen molar-refractivity contribution in [2.75, 3.05) is 26.1 Å². The lowest BCUT2D eigenvalue weighted by molar-refractivity contribution is -0.142. The molecule has 1 aromatic rings. The fraction of sp³-hybridized carbons (Fsp3) is 0.667. The van der Waals surface area contributed by atoms with Crippen LogP contribution in [0.15, 0.2) is 18.2 Å². The third-order valence-electron chi connectivity index (χ3n) is 5.59. The summed E-state index contributed by atoms with van der Waals surface area (Å²) in [5.41, 5.74) is -0.351. The Labute approximate surface area is 167 Å². The first-order valence-electron chi connectivity index (χ1n) is 9.55. The second-order valence-corrected chi connectivity index (χ2v) is 8.45. The van der Waals surface area contributed by atoms with Crippen LogP contribution in [0.1, 0.15) is 52.9 Å². The number of ether oxygens (including phenoxy) is 3. The molecule has 1 aromatic carbocycles. The van der Waals surface area contributed by atoms with Gasteiger partial charge in [0.05, 0.1) is 17.2 Å². The van der Waals surface area contributed by atoms with Gasteiger partial charge in [0.25, 0.3) is 5.91 Å². The molecule has 1 aliphatic rings. The molecule has 0 bridgehead atoms. The van der Waals surface area contributed by atoms with Crippen molar-refractivity contribution < 1.29 is 19.0 Å². The standard InChI is InChI=1S/C21H32ClNO4/c1-15-8-10-21(26-5,11-9-15)19(24)23-16-6-7-18(17(22)14-16)27-13-12-20(2,3)25-4/h6-7,14-15H,8-13H2,1-5H3,(H,23,24). The molecular weight excluding hydrogens is 366 g/mol. The van der Waals surface area contributed by atoms with Crippen molar-refractivity contribution in [1.29, 1.82) is 0 Å². The minimum atomic E-state index is -0.750. The highest BCUT2D eigenvalue weighted by molar-refractivity contribution is 6.32. The molecule has 27 heavy (non-hydrogen) atoms. The largest absolute Gasteiger partial charge is 0.492 e. The Kier molecular flexibility index (Phi) is 7.55. The van der Waals surface area contributed by atoms with Crippen LogP contribution in [0.25, 0.3) is 0 Å². The van der Waals surface area contributed by atoms with Gasteiger partial charge in [-0.2, -0.15) is 0 Å². The van der Waals surface area contributed by atoms with Gasteiger partial charge in [0.2, 0.25) is 0 Å². The molecule has 5 nitrogen and oxygen atoms in total. The molecule has 0 unspecified atom stereocenters. The Morgan fingerprint density at radius 2 is 1.96 bits per heavy atom. The van der Waals surface area contributed by atoms with Crippen LogP contribution < -0.4 is 10.1 Å². The highest BCUT2D eigenvalue weighted by Crippen LogP contribution is 2.36. The van der Waals surface area contributed by atoms with Gasteiger partial charge in [0.15, 0.2) is 0 Å². The molecule has 0 aromatic heterocycles. The zero-order chi connectivity index (χ0) is 20.1. The van der Waals surface area contributed by atoms with E-state index >= 15 is 0 Å². The van der Waals surface area contributed by atoms with Crippen molar-refractivity contribution in [1.82, 2.24) is 0 Å². The lowest BCUT2D eigenvalue weighted by atomic mass is 9.79. The molecular formula is C21H32ClNO4. The van der Waals surface area contributed by atoms with Crippen LogP contribution in [-0.4, -0.2) is 37.9 Å². The maximum Gasteiger partial charge on any atom is 0.256 e. The fourth-order valence-electron chi connectivity index (χ4n) is 3.20. The van der Waals surface area contributed by atoms with E-state index in [1.54, 1.807) is 32.4 Å². The number of halogens is 1. The van der Waals surface area contributed by atoms with E-state index in [9.17, 15) is 4.79 Å². The number of benzene rings is 1. The monoisotopic (exact) mass is 397 g/mol. The van der Waals surface area contributed by atoms with Crippen LogP contribution in [0.3, 0.4) is 0 Å². The summed E-state index contributed by atoms with van der Waals surface area (Å²) in [7, 11) is 3.30. The first-order chi connectivity index (χ1) is 12.7. The second-order valence-electron chi connectivity index (χ2n) is 8.04. The summed E-state index contributed by atoms with van der Waals surface area (Å²) in [6.45, 7) is 6.73. The van der Waals surface area contributed by atoms with Crippen LogP contribution in [0.5, 0.6) is 5.75 Å². The van der Waals surface area contributed by atoms with Gasteiger partial charge in [0, 0.05) is 26.3 Å². The molecule has 0 saturated heterocycles. The molecule has 0 heterocycles. The highest BCUT2D eigenvalue weighted by atomic mass is 35.5. The van der Waals surface area contributed by atoms with Crippen molar-refractivity contribution in [3.05, 3.63) is 23.2 Å². The van der Waals surface area contributed by atoms with E-state index in [0.717, 1.165) is 32.1 Å². The van der Waals surface area contributed by atoms with Crippen LogP contribution in [0.2, 0.25) is 5.02 Å². The van der Waals surface area contributed by atoms with Crippen LogP contribution in [-0.2, 0) is 14.3 Å². The van der Waals surface area contributed by atoms with Crippen molar-refractivity contribution >= 4 is 23.2 Å². The lowest BCUT2D eigenvalue weighted by Gasteiger charge is -2.36. The van der Waals surface area contributed by atoms with Gasteiger partial charge < -0.3 is 19.5 Å². The van der Waals surface area contributed by atoms with Crippen LogP contribution in [0.4, 0.5) is 5.69 Å². The Morgan fingerprint density at radius 1 is 1.30 bits per heavy atom. The lowest BCUT2D eigenvalue weighted by Crippen LogP contribution is -2.47. The molecule has 1 aliphatic carbocycles. The van der Waals surface area contributed by atoms with E-state index < -0.39 is 5.60 Å². The summed E-state index contributed by atoms with van der Waals surface area (Å²) in [5, 5.41) is 3.42. The first kappa shape index (κ1) is 22.0. The van der Waals surface area contributed by atoms with E-state index in [2.05, 4.69) is 12.2 Å². The Hall–Kier alpha value is -1.30. The summed E-state index contributed by atoms with van der Waals surface area (Å²) >= 11 is 6.33. The number of anilines is 1. The summed E-state index contributed by atoms with van der Waals surface area (Å²) in [6.07, 6.45) is 4.20. The number of hydrogen-bond acceptors (Lipinski definition) is 4. The third-order valence-corrected chi connectivity index (χ3v) is 5.89. The van der Waals surface area contributed by atoms with Crippen LogP contribution in [0, 0.1) is 5.92 Å². The summed E-state index contributed by atoms with van der Waals surface area (Å²) in [6, 6.07) is 5.29. The number of methoxy groups -OCH3 is 2. The van der Waals surface area contributed by atoms with Gasteiger partial charge >= 0.3 is 0 Å². The molecule has 1 amide bonds. The van der Waals surface area contributed by atoms with E-state index in [4.69, 9.17) is 25.8 Å². The average molecular weight is 398 g/mol. The zero-order valence-electron chi connectivity index (χ0n) is 17.1. The Balaban J connectivity index is 1.97. The molecule has 0 aliphatic heterocycles. The second kappa shape index (κ2) is 9.26. The molecule has 2 rings (SSSR count). The number of carbonyl (C=O) groups is 1. The predicted molar refractivity (Wildman–Crippen MR) is 109 cm³/mol. The smallest absolute Gasteiger partial charge is 0.256 e. The fourth-order valence-corrected chi connectivity index (χ4v) is 3.44. The van der Waals surface area contributed by atoms with Crippen molar-refractivity contribution in [3.8, 4) is 5.75 Å². The topological polar surface area (TPSA) is 56.8 Å². The minimum absolute atomic E-state index is 0.108. The summed E-state index contributed by atoms with van der Waals surface area (Å²) < 4.78 is 16.8. The minimum Gasteiger partial charge on any atom is -0.492 e. The molecule has 0 atom stereocenters.